The summed E-state index contributed by atoms with van der Waals surface area (Å²) in [5, 5.41) is 3.73. The van der Waals surface area contributed by atoms with E-state index in [1.165, 1.54) is 32.8 Å². The molecule has 2 aromatic rings. The van der Waals surface area contributed by atoms with E-state index < -0.39 is 5.97 Å². The van der Waals surface area contributed by atoms with Crippen LogP contribution in [-0.4, -0.2) is 63.4 Å². The molecular formula is C20H26N4O3S. The van der Waals surface area contributed by atoms with E-state index >= 15 is 0 Å². The maximum Gasteiger partial charge on any atom is 0.358 e. The third-order valence-corrected chi connectivity index (χ3v) is 6.99. The summed E-state index contributed by atoms with van der Waals surface area (Å²) in [5.41, 5.74) is 1.90. The molecule has 2 atom stereocenters. The number of hydrogen-bond acceptors (Lipinski definition) is 6. The number of nitrogens with one attached hydrogen (secondary N) is 1. The largest absolute Gasteiger partial charge is 0.464 e. The van der Waals surface area contributed by atoms with E-state index in [-0.39, 0.29) is 11.6 Å². The molecule has 28 heavy (non-hydrogen) atoms. The van der Waals surface area contributed by atoms with Gasteiger partial charge in [0.25, 0.3) is 0 Å². The van der Waals surface area contributed by atoms with Crippen molar-refractivity contribution in [3.63, 3.8) is 0 Å². The maximum atomic E-state index is 12.5. The number of carbonyl (C=O) groups is 2. The van der Waals surface area contributed by atoms with Crippen LogP contribution >= 0.6 is 11.8 Å². The summed E-state index contributed by atoms with van der Waals surface area (Å²) in [6.07, 6.45) is 8.61. The van der Waals surface area contributed by atoms with Crippen LogP contribution in [0, 0.1) is 0 Å². The number of rotatable bonds is 5. The van der Waals surface area contributed by atoms with Crippen molar-refractivity contribution in [2.24, 2.45) is 0 Å². The summed E-state index contributed by atoms with van der Waals surface area (Å²) < 4.78 is 6.49. The topological polar surface area (TPSA) is 75.9 Å². The van der Waals surface area contributed by atoms with Gasteiger partial charge in [-0.3, -0.25) is 9.69 Å². The van der Waals surface area contributed by atoms with Gasteiger partial charge in [0.05, 0.1) is 13.7 Å². The van der Waals surface area contributed by atoms with Gasteiger partial charge in [-0.25, -0.2) is 9.78 Å². The third kappa shape index (κ3) is 4.17. The predicted molar refractivity (Wildman–Crippen MR) is 108 cm³/mol. The lowest BCUT2D eigenvalue weighted by molar-refractivity contribution is -0.123. The number of fused-ring (bicyclic) bond motifs is 2. The molecule has 0 radical (unpaired) electrons. The van der Waals surface area contributed by atoms with E-state index in [1.807, 2.05) is 18.3 Å². The second-order valence-corrected chi connectivity index (χ2v) is 8.78. The SMILES string of the molecule is COC(=O)c1cn2cc(CNC(=O)CN3CCSC4CCCCC43)ccc2n1. The van der Waals surface area contributed by atoms with Crippen LogP contribution in [0.2, 0.25) is 0 Å². The lowest BCUT2D eigenvalue weighted by Crippen LogP contribution is -2.52. The van der Waals surface area contributed by atoms with Crippen molar-refractivity contribution < 1.29 is 14.3 Å². The molecule has 1 N–H and O–H groups in total. The van der Waals surface area contributed by atoms with E-state index in [1.54, 1.807) is 10.6 Å². The molecule has 2 aliphatic rings. The first-order chi connectivity index (χ1) is 13.6. The fourth-order valence-corrected chi connectivity index (χ4v) is 5.67. The Kier molecular flexibility index (Phi) is 5.87. The number of carbonyl (C=O) groups excluding carboxylic acids is 2. The summed E-state index contributed by atoms with van der Waals surface area (Å²) in [6, 6.07) is 4.30. The Morgan fingerprint density at radius 2 is 2.14 bits per heavy atom. The molecule has 1 aliphatic carbocycles. The van der Waals surface area contributed by atoms with Gasteiger partial charge >= 0.3 is 5.97 Å². The molecule has 1 saturated carbocycles. The summed E-state index contributed by atoms with van der Waals surface area (Å²) >= 11 is 2.08. The van der Waals surface area contributed by atoms with Gasteiger partial charge in [-0.15, -0.1) is 0 Å². The lowest BCUT2D eigenvalue weighted by Gasteiger charge is -2.43. The normalized spacial score (nSPS) is 22.6. The Bertz CT molecular complexity index is 866. The van der Waals surface area contributed by atoms with Crippen LogP contribution in [0.25, 0.3) is 5.65 Å². The number of ether oxygens (including phenoxy) is 1. The van der Waals surface area contributed by atoms with E-state index in [4.69, 9.17) is 4.74 Å². The molecule has 4 rings (SSSR count). The number of methoxy groups -OCH3 is 1. The number of nitrogens with zero attached hydrogens (tertiary/aromatic N) is 3. The zero-order valence-electron chi connectivity index (χ0n) is 16.1. The van der Waals surface area contributed by atoms with Crippen molar-refractivity contribution >= 4 is 29.3 Å². The fourth-order valence-electron chi connectivity index (χ4n) is 4.16. The van der Waals surface area contributed by atoms with Crippen LogP contribution in [-0.2, 0) is 16.1 Å². The van der Waals surface area contributed by atoms with Crippen LogP contribution in [0.3, 0.4) is 0 Å². The number of amides is 1. The first-order valence-corrected chi connectivity index (χ1v) is 10.9. The summed E-state index contributed by atoms with van der Waals surface area (Å²) in [5.74, 6) is 0.727. The molecule has 1 aliphatic heterocycles. The lowest BCUT2D eigenvalue weighted by atomic mass is 9.93. The van der Waals surface area contributed by atoms with Gasteiger partial charge in [0.2, 0.25) is 5.91 Å². The Hall–Kier alpha value is -2.06. The standard InChI is InChI=1S/C20H26N4O3S/c1-27-20(26)15-12-24-11-14(6-7-18(24)22-15)10-21-19(25)13-23-8-9-28-17-5-3-2-4-16(17)23/h6-7,11-12,16-17H,2-5,8-10,13H2,1H3,(H,21,25). The molecule has 7 nitrogen and oxygen atoms in total. The van der Waals surface area contributed by atoms with Crippen molar-refractivity contribution in [3.8, 4) is 0 Å². The van der Waals surface area contributed by atoms with E-state index in [0.29, 0.717) is 30.0 Å². The average Bonchev–Trinajstić information content (AvgIpc) is 3.15. The van der Waals surface area contributed by atoms with Gasteiger partial charge in [0, 0.05) is 42.5 Å². The second-order valence-electron chi connectivity index (χ2n) is 7.43. The molecule has 2 unspecified atom stereocenters. The first kappa shape index (κ1) is 19.3. The van der Waals surface area contributed by atoms with Crippen LogP contribution < -0.4 is 5.32 Å². The van der Waals surface area contributed by atoms with Crippen LogP contribution in [0.5, 0.6) is 0 Å². The Morgan fingerprint density at radius 3 is 3.00 bits per heavy atom. The van der Waals surface area contributed by atoms with Gasteiger partial charge in [-0.05, 0) is 24.5 Å². The molecule has 0 bridgehead atoms. The van der Waals surface area contributed by atoms with E-state index in [2.05, 4.69) is 27.0 Å². The molecule has 2 aromatic heterocycles. The second kappa shape index (κ2) is 8.53. The molecule has 1 amide bonds. The molecule has 0 aromatic carbocycles. The zero-order chi connectivity index (χ0) is 19.5. The van der Waals surface area contributed by atoms with Crippen molar-refractivity contribution in [1.82, 2.24) is 19.6 Å². The highest BCUT2D eigenvalue weighted by molar-refractivity contribution is 8.00. The Labute approximate surface area is 168 Å². The number of esters is 1. The highest BCUT2D eigenvalue weighted by Crippen LogP contribution is 2.35. The minimum absolute atomic E-state index is 0.0669. The third-order valence-electron chi connectivity index (χ3n) is 5.59. The summed E-state index contributed by atoms with van der Waals surface area (Å²) in [6.45, 7) is 1.93. The highest BCUT2D eigenvalue weighted by Gasteiger charge is 2.34. The van der Waals surface area contributed by atoms with Crippen LogP contribution in [0.15, 0.2) is 24.5 Å². The molecule has 3 heterocycles. The number of thioether (sulfide) groups is 1. The molecule has 150 valence electrons. The molecule has 8 heteroatoms. The van der Waals surface area contributed by atoms with Crippen molar-refractivity contribution in [3.05, 3.63) is 35.8 Å². The van der Waals surface area contributed by atoms with Gasteiger partial charge < -0.3 is 14.5 Å². The maximum absolute atomic E-state index is 12.5. The van der Waals surface area contributed by atoms with E-state index in [0.717, 1.165) is 17.9 Å². The zero-order valence-corrected chi connectivity index (χ0v) is 16.9. The van der Waals surface area contributed by atoms with Crippen LogP contribution in [0.4, 0.5) is 0 Å². The number of aromatic nitrogens is 2. The first-order valence-electron chi connectivity index (χ1n) is 9.82. The number of hydrogen-bond donors (Lipinski definition) is 1. The quantitative estimate of drug-likeness (QED) is 0.772. The van der Waals surface area contributed by atoms with Crippen LogP contribution in [0.1, 0.15) is 41.7 Å². The molecule has 2 fully saturated rings. The minimum Gasteiger partial charge on any atom is -0.464 e. The minimum atomic E-state index is -0.459. The summed E-state index contributed by atoms with van der Waals surface area (Å²) in [4.78, 5) is 30.7. The Balaban J connectivity index is 1.34. The fraction of sp³-hybridized carbons (Fsp3) is 0.550. The van der Waals surface area contributed by atoms with Gasteiger partial charge in [0.1, 0.15) is 5.65 Å². The molecule has 0 spiro atoms. The molecular weight excluding hydrogens is 376 g/mol. The average molecular weight is 403 g/mol. The van der Waals surface area contributed by atoms with Gasteiger partial charge in [-0.2, -0.15) is 11.8 Å². The van der Waals surface area contributed by atoms with Crippen molar-refractivity contribution in [1.29, 1.82) is 0 Å². The smallest absolute Gasteiger partial charge is 0.358 e. The summed E-state index contributed by atoms with van der Waals surface area (Å²) in [7, 11) is 1.34. The number of pyridine rings is 1. The van der Waals surface area contributed by atoms with Crippen molar-refractivity contribution in [2.45, 2.75) is 43.5 Å². The van der Waals surface area contributed by atoms with Gasteiger partial charge in [0.15, 0.2) is 5.69 Å². The Morgan fingerprint density at radius 1 is 1.29 bits per heavy atom. The monoisotopic (exact) mass is 402 g/mol. The van der Waals surface area contributed by atoms with Crippen molar-refractivity contribution in [2.75, 3.05) is 26.0 Å². The van der Waals surface area contributed by atoms with E-state index in [9.17, 15) is 9.59 Å². The number of imidazole rings is 1. The highest BCUT2D eigenvalue weighted by atomic mass is 32.2. The van der Waals surface area contributed by atoms with Gasteiger partial charge in [-0.1, -0.05) is 18.9 Å². The predicted octanol–water partition coefficient (Wildman–Crippen LogP) is 2.10. The molecule has 1 saturated heterocycles.